The van der Waals surface area contributed by atoms with Gasteiger partial charge in [-0.3, -0.25) is 10.1 Å². The summed E-state index contributed by atoms with van der Waals surface area (Å²) in [5.74, 6) is -0.541. The lowest BCUT2D eigenvalue weighted by Gasteiger charge is -2.04. The number of hydrogen-bond donors (Lipinski definition) is 0. The van der Waals surface area contributed by atoms with Gasteiger partial charge in [0.25, 0.3) is 5.89 Å². The van der Waals surface area contributed by atoms with Crippen LogP contribution < -0.4 is 4.74 Å². The Hall–Kier alpha value is -3.00. The molecule has 3 aromatic rings. The van der Waals surface area contributed by atoms with Crippen molar-refractivity contribution in [3.63, 3.8) is 0 Å². The molecule has 0 unspecified atom stereocenters. The van der Waals surface area contributed by atoms with Crippen LogP contribution in [-0.4, -0.2) is 15.1 Å². The first-order valence-electron chi connectivity index (χ1n) is 6.69. The van der Waals surface area contributed by atoms with Crippen LogP contribution >= 0.6 is 11.6 Å². The van der Waals surface area contributed by atoms with E-state index in [9.17, 15) is 14.5 Å². The fourth-order valence-electron chi connectivity index (χ4n) is 1.95. The highest BCUT2D eigenvalue weighted by Gasteiger charge is 2.18. The van der Waals surface area contributed by atoms with E-state index in [1.54, 1.807) is 24.3 Å². The van der Waals surface area contributed by atoms with Crippen molar-refractivity contribution in [1.82, 2.24) is 10.1 Å². The second-order valence-electron chi connectivity index (χ2n) is 4.65. The first-order chi connectivity index (χ1) is 11.5. The fraction of sp³-hybridized carbons (Fsp3) is 0.0667. The second-order valence-corrected chi connectivity index (χ2v) is 5.06. The van der Waals surface area contributed by atoms with Crippen LogP contribution in [-0.2, 0) is 6.61 Å². The molecular weight excluding hydrogens is 341 g/mol. The predicted molar refractivity (Wildman–Crippen MR) is 82.1 cm³/mol. The van der Waals surface area contributed by atoms with E-state index in [1.165, 1.54) is 0 Å². The summed E-state index contributed by atoms with van der Waals surface area (Å²) in [5, 5.41) is 15.1. The van der Waals surface area contributed by atoms with E-state index < -0.39 is 10.7 Å². The van der Waals surface area contributed by atoms with Crippen molar-refractivity contribution in [2.75, 3.05) is 0 Å². The number of ether oxygens (including phenoxy) is 1. The molecule has 7 nitrogen and oxygen atoms in total. The van der Waals surface area contributed by atoms with Gasteiger partial charge in [0, 0.05) is 12.1 Å². The molecular formula is C15H9ClFN3O4. The molecule has 0 saturated heterocycles. The van der Waals surface area contributed by atoms with Gasteiger partial charge in [-0.25, -0.2) is 4.39 Å². The number of nitro benzene ring substituents is 1. The van der Waals surface area contributed by atoms with Crippen LogP contribution in [0.15, 0.2) is 47.0 Å². The third kappa shape index (κ3) is 3.33. The zero-order valence-electron chi connectivity index (χ0n) is 12.0. The number of rotatable bonds is 5. The zero-order valence-corrected chi connectivity index (χ0v) is 12.7. The van der Waals surface area contributed by atoms with E-state index in [2.05, 4.69) is 10.1 Å². The number of hydrogen-bond acceptors (Lipinski definition) is 6. The van der Waals surface area contributed by atoms with E-state index in [4.69, 9.17) is 20.9 Å². The van der Waals surface area contributed by atoms with Crippen LogP contribution in [0.3, 0.4) is 0 Å². The summed E-state index contributed by atoms with van der Waals surface area (Å²) in [6.45, 7) is -0.224. The fourth-order valence-corrected chi connectivity index (χ4v) is 2.17. The van der Waals surface area contributed by atoms with E-state index in [0.29, 0.717) is 10.6 Å². The van der Waals surface area contributed by atoms with Gasteiger partial charge in [-0.2, -0.15) is 4.98 Å². The largest absolute Gasteiger partial charge is 0.478 e. The molecule has 0 aliphatic carbocycles. The Kier molecular flexibility index (Phi) is 4.39. The molecule has 122 valence electrons. The Morgan fingerprint density at radius 3 is 2.83 bits per heavy atom. The van der Waals surface area contributed by atoms with Crippen molar-refractivity contribution < 1.29 is 18.6 Å². The molecule has 0 amide bonds. The molecule has 0 radical (unpaired) electrons. The molecule has 0 bridgehead atoms. The van der Waals surface area contributed by atoms with E-state index in [-0.39, 0.29) is 29.8 Å². The lowest BCUT2D eigenvalue weighted by Crippen LogP contribution is -2.01. The van der Waals surface area contributed by atoms with Crippen molar-refractivity contribution in [3.05, 3.63) is 69.2 Å². The van der Waals surface area contributed by atoms with E-state index in [1.807, 2.05) is 0 Å². The highest BCUT2D eigenvalue weighted by atomic mass is 35.5. The normalized spacial score (nSPS) is 10.6. The van der Waals surface area contributed by atoms with Gasteiger partial charge < -0.3 is 9.26 Å². The second kappa shape index (κ2) is 6.63. The van der Waals surface area contributed by atoms with Crippen LogP contribution in [0.25, 0.3) is 11.5 Å². The molecule has 0 fully saturated rings. The molecule has 0 atom stereocenters. The number of nitrogens with zero attached hydrogens (tertiary/aromatic N) is 3. The van der Waals surface area contributed by atoms with Crippen molar-refractivity contribution >= 4 is 17.3 Å². The van der Waals surface area contributed by atoms with Crippen molar-refractivity contribution in [2.24, 2.45) is 0 Å². The van der Waals surface area contributed by atoms with Crippen molar-refractivity contribution in [1.29, 1.82) is 0 Å². The molecule has 0 N–H and O–H groups in total. The summed E-state index contributed by atoms with van der Waals surface area (Å²) in [7, 11) is 0. The van der Waals surface area contributed by atoms with Crippen LogP contribution in [0.5, 0.6) is 5.75 Å². The van der Waals surface area contributed by atoms with Gasteiger partial charge in [-0.1, -0.05) is 28.9 Å². The Morgan fingerprint density at radius 1 is 1.29 bits per heavy atom. The number of nitro groups is 1. The molecule has 0 saturated carbocycles. The summed E-state index contributed by atoms with van der Waals surface area (Å²) in [6.07, 6.45) is 0. The first-order valence-corrected chi connectivity index (χ1v) is 7.06. The van der Waals surface area contributed by atoms with Gasteiger partial charge in [0.2, 0.25) is 5.82 Å². The predicted octanol–water partition coefficient (Wildman–Crippen LogP) is 4.02. The van der Waals surface area contributed by atoms with Crippen LogP contribution in [0.2, 0.25) is 5.02 Å². The molecule has 0 aliphatic rings. The Labute approximate surface area is 139 Å². The average molecular weight is 350 g/mol. The minimum absolute atomic E-state index is 0.142. The quantitative estimate of drug-likeness (QED) is 0.510. The van der Waals surface area contributed by atoms with Crippen LogP contribution in [0, 0.1) is 15.9 Å². The van der Waals surface area contributed by atoms with Gasteiger partial charge in [-0.05, 0) is 18.2 Å². The smallest absolute Gasteiger partial charge is 0.311 e. The molecule has 3 rings (SSSR count). The molecule has 2 aromatic carbocycles. The van der Waals surface area contributed by atoms with Gasteiger partial charge in [0.15, 0.2) is 12.4 Å². The van der Waals surface area contributed by atoms with Gasteiger partial charge in [0.1, 0.15) is 5.82 Å². The van der Waals surface area contributed by atoms with Crippen LogP contribution in [0.1, 0.15) is 5.82 Å². The Balaban J connectivity index is 1.78. The number of aromatic nitrogens is 2. The summed E-state index contributed by atoms with van der Waals surface area (Å²) in [6, 6.07) is 9.83. The maximum absolute atomic E-state index is 13.2. The minimum Gasteiger partial charge on any atom is -0.478 e. The molecule has 24 heavy (non-hydrogen) atoms. The number of halogens is 2. The van der Waals surface area contributed by atoms with Gasteiger partial charge in [0.05, 0.1) is 15.5 Å². The Bertz CT molecular complexity index is 900. The average Bonchev–Trinajstić information content (AvgIpc) is 3.02. The van der Waals surface area contributed by atoms with Gasteiger partial charge >= 0.3 is 5.69 Å². The maximum Gasteiger partial charge on any atom is 0.311 e. The van der Waals surface area contributed by atoms with Crippen molar-refractivity contribution in [2.45, 2.75) is 6.61 Å². The van der Waals surface area contributed by atoms with Gasteiger partial charge in [-0.15, -0.1) is 0 Å². The highest BCUT2D eigenvalue weighted by Crippen LogP contribution is 2.29. The zero-order chi connectivity index (χ0) is 17.1. The van der Waals surface area contributed by atoms with E-state index in [0.717, 1.165) is 18.2 Å². The molecule has 0 aliphatic heterocycles. The summed E-state index contributed by atoms with van der Waals surface area (Å²) in [4.78, 5) is 14.3. The highest BCUT2D eigenvalue weighted by molar-refractivity contribution is 6.33. The Morgan fingerprint density at radius 2 is 2.08 bits per heavy atom. The topological polar surface area (TPSA) is 91.3 Å². The minimum atomic E-state index is -0.666. The lowest BCUT2D eigenvalue weighted by atomic mass is 10.2. The maximum atomic E-state index is 13.2. The SMILES string of the molecule is O=[N+]([O-])c1ccc(F)cc1OCc1noc(-c2ccccc2Cl)n1. The molecule has 1 heterocycles. The number of benzene rings is 2. The van der Waals surface area contributed by atoms with Crippen LogP contribution in [0.4, 0.5) is 10.1 Å². The third-order valence-electron chi connectivity index (χ3n) is 3.05. The summed E-state index contributed by atoms with van der Waals surface area (Å²) in [5.41, 5.74) is 0.195. The third-order valence-corrected chi connectivity index (χ3v) is 3.38. The monoisotopic (exact) mass is 349 g/mol. The summed E-state index contributed by atoms with van der Waals surface area (Å²) < 4.78 is 23.6. The summed E-state index contributed by atoms with van der Waals surface area (Å²) >= 11 is 6.04. The molecule has 0 spiro atoms. The molecule has 9 heteroatoms. The van der Waals surface area contributed by atoms with E-state index >= 15 is 0 Å². The first kappa shape index (κ1) is 15.9. The lowest BCUT2D eigenvalue weighted by molar-refractivity contribution is -0.386. The molecule has 1 aromatic heterocycles. The standard InChI is InChI=1S/C15H9ClFN3O4/c16-11-4-2-1-3-10(11)15-18-14(19-24-15)8-23-13-7-9(17)5-6-12(13)20(21)22/h1-7H,8H2. The van der Waals surface area contributed by atoms with Crippen molar-refractivity contribution in [3.8, 4) is 17.2 Å².